The van der Waals surface area contributed by atoms with Crippen LogP contribution in [0, 0.1) is 6.92 Å². The van der Waals surface area contributed by atoms with Crippen molar-refractivity contribution in [2.75, 3.05) is 0 Å². The van der Waals surface area contributed by atoms with E-state index in [4.69, 9.17) is 0 Å². The van der Waals surface area contributed by atoms with Gasteiger partial charge in [-0.3, -0.25) is 0 Å². The second-order valence-electron chi connectivity index (χ2n) is 4.90. The Balaban J connectivity index is 1.74. The Kier molecular flexibility index (Phi) is 3.10. The molecule has 1 atom stereocenters. The average molecular weight is 259 g/mol. The highest BCUT2D eigenvalue weighted by Gasteiger charge is 2.24. The van der Waals surface area contributed by atoms with Gasteiger partial charge in [0.15, 0.2) is 0 Å². The first kappa shape index (κ1) is 11.8. The number of hydrogen-bond acceptors (Lipinski definition) is 3. The number of rotatable bonds is 3. The molecule has 0 spiro atoms. The fourth-order valence-electron chi connectivity index (χ4n) is 2.65. The van der Waals surface area contributed by atoms with E-state index in [1.54, 1.807) is 17.4 Å². The van der Waals surface area contributed by atoms with Gasteiger partial charge in [0.05, 0.1) is 0 Å². The second-order valence-corrected chi connectivity index (χ2v) is 5.64. The standard InChI is InChI=1S/C15H17NOS/c1-10-8-18-9-11(10)7-16-14-6-5-13-12(14)3-2-4-15(13)17/h2-4,8-9,14,16-17H,5-7H2,1H3. The van der Waals surface area contributed by atoms with E-state index in [9.17, 15) is 5.11 Å². The molecule has 2 aromatic rings. The van der Waals surface area contributed by atoms with Gasteiger partial charge in [-0.1, -0.05) is 12.1 Å². The Morgan fingerprint density at radius 1 is 1.39 bits per heavy atom. The first-order chi connectivity index (χ1) is 8.75. The van der Waals surface area contributed by atoms with Gasteiger partial charge in [0, 0.05) is 12.6 Å². The quantitative estimate of drug-likeness (QED) is 0.883. The van der Waals surface area contributed by atoms with E-state index in [1.165, 1.54) is 16.7 Å². The highest BCUT2D eigenvalue weighted by Crippen LogP contribution is 2.36. The molecule has 3 rings (SSSR count). The third kappa shape index (κ3) is 2.04. The van der Waals surface area contributed by atoms with Crippen molar-refractivity contribution in [3.05, 3.63) is 51.2 Å². The maximum absolute atomic E-state index is 9.82. The fraction of sp³-hybridized carbons (Fsp3) is 0.333. The summed E-state index contributed by atoms with van der Waals surface area (Å²) in [5.74, 6) is 0.448. The molecule has 18 heavy (non-hydrogen) atoms. The number of thiophene rings is 1. The van der Waals surface area contributed by atoms with Gasteiger partial charge in [0.2, 0.25) is 0 Å². The molecule has 1 aliphatic carbocycles. The van der Waals surface area contributed by atoms with Crippen molar-refractivity contribution >= 4 is 11.3 Å². The molecule has 1 aliphatic rings. The van der Waals surface area contributed by atoms with Crippen LogP contribution in [0.2, 0.25) is 0 Å². The van der Waals surface area contributed by atoms with Gasteiger partial charge in [-0.2, -0.15) is 11.3 Å². The van der Waals surface area contributed by atoms with E-state index in [0.717, 1.165) is 24.9 Å². The minimum atomic E-state index is 0.381. The van der Waals surface area contributed by atoms with E-state index >= 15 is 0 Å². The number of benzene rings is 1. The first-order valence-corrected chi connectivity index (χ1v) is 7.26. The molecular formula is C15H17NOS. The van der Waals surface area contributed by atoms with Crippen molar-refractivity contribution in [1.29, 1.82) is 0 Å². The summed E-state index contributed by atoms with van der Waals surface area (Å²) in [5, 5.41) is 17.8. The molecule has 2 nitrogen and oxygen atoms in total. The number of nitrogens with one attached hydrogen (secondary N) is 1. The van der Waals surface area contributed by atoms with E-state index in [-0.39, 0.29) is 0 Å². The number of aromatic hydroxyl groups is 1. The number of phenols is 1. The average Bonchev–Trinajstić information content (AvgIpc) is 2.94. The molecule has 2 N–H and O–H groups in total. The molecule has 94 valence electrons. The van der Waals surface area contributed by atoms with Crippen molar-refractivity contribution in [3.63, 3.8) is 0 Å². The Labute approximate surface area is 111 Å². The Morgan fingerprint density at radius 3 is 3.06 bits per heavy atom. The smallest absolute Gasteiger partial charge is 0.119 e. The third-order valence-corrected chi connectivity index (χ3v) is 4.66. The molecule has 0 fully saturated rings. The van der Waals surface area contributed by atoms with Gasteiger partial charge in [-0.15, -0.1) is 0 Å². The second kappa shape index (κ2) is 4.75. The highest BCUT2D eigenvalue weighted by molar-refractivity contribution is 7.08. The minimum Gasteiger partial charge on any atom is -0.508 e. The van der Waals surface area contributed by atoms with Crippen LogP contribution in [0.1, 0.15) is 34.7 Å². The molecule has 0 bridgehead atoms. The largest absolute Gasteiger partial charge is 0.508 e. The summed E-state index contributed by atoms with van der Waals surface area (Å²) in [6.07, 6.45) is 2.05. The van der Waals surface area contributed by atoms with Gasteiger partial charge < -0.3 is 10.4 Å². The number of fused-ring (bicyclic) bond motifs is 1. The van der Waals surface area contributed by atoms with Crippen molar-refractivity contribution in [3.8, 4) is 5.75 Å². The zero-order valence-electron chi connectivity index (χ0n) is 10.4. The zero-order valence-corrected chi connectivity index (χ0v) is 11.3. The normalized spacial score (nSPS) is 17.9. The summed E-state index contributed by atoms with van der Waals surface area (Å²) in [6, 6.07) is 6.22. The number of hydrogen-bond donors (Lipinski definition) is 2. The lowest BCUT2D eigenvalue weighted by molar-refractivity contribution is 0.469. The minimum absolute atomic E-state index is 0.381. The van der Waals surface area contributed by atoms with E-state index in [0.29, 0.717) is 11.8 Å². The van der Waals surface area contributed by atoms with Crippen LogP contribution in [0.5, 0.6) is 5.75 Å². The molecule has 1 aromatic carbocycles. The first-order valence-electron chi connectivity index (χ1n) is 6.31. The monoisotopic (exact) mass is 259 g/mol. The van der Waals surface area contributed by atoms with Crippen LogP contribution in [0.4, 0.5) is 0 Å². The molecule has 1 heterocycles. The summed E-state index contributed by atoms with van der Waals surface area (Å²) in [6.45, 7) is 3.07. The lowest BCUT2D eigenvalue weighted by Crippen LogP contribution is -2.18. The Morgan fingerprint density at radius 2 is 2.28 bits per heavy atom. The van der Waals surface area contributed by atoms with Gasteiger partial charge in [-0.25, -0.2) is 0 Å². The van der Waals surface area contributed by atoms with Gasteiger partial charge >= 0.3 is 0 Å². The summed E-state index contributed by atoms with van der Waals surface area (Å²) < 4.78 is 0. The molecule has 3 heteroatoms. The van der Waals surface area contributed by atoms with Crippen molar-refractivity contribution in [2.45, 2.75) is 32.4 Å². The van der Waals surface area contributed by atoms with E-state index < -0.39 is 0 Å². The SMILES string of the molecule is Cc1cscc1CNC1CCc2c(O)cccc21. The molecule has 0 radical (unpaired) electrons. The molecule has 1 unspecified atom stereocenters. The molecular weight excluding hydrogens is 242 g/mol. The third-order valence-electron chi connectivity index (χ3n) is 3.75. The van der Waals surface area contributed by atoms with E-state index in [2.05, 4.69) is 29.1 Å². The molecule has 0 amide bonds. The molecule has 0 saturated heterocycles. The van der Waals surface area contributed by atoms with Crippen LogP contribution in [-0.4, -0.2) is 5.11 Å². The topological polar surface area (TPSA) is 32.3 Å². The highest BCUT2D eigenvalue weighted by atomic mass is 32.1. The van der Waals surface area contributed by atoms with E-state index in [1.807, 2.05) is 6.07 Å². The van der Waals surface area contributed by atoms with Crippen molar-refractivity contribution in [2.24, 2.45) is 0 Å². The van der Waals surface area contributed by atoms with Crippen LogP contribution in [0.25, 0.3) is 0 Å². The van der Waals surface area contributed by atoms with Crippen LogP contribution < -0.4 is 5.32 Å². The summed E-state index contributed by atoms with van der Waals surface area (Å²) >= 11 is 1.76. The molecule has 0 aliphatic heterocycles. The maximum atomic E-state index is 9.82. The summed E-state index contributed by atoms with van der Waals surface area (Å²) in [5.41, 5.74) is 5.13. The van der Waals surface area contributed by atoms with Crippen LogP contribution in [-0.2, 0) is 13.0 Å². The van der Waals surface area contributed by atoms with Crippen molar-refractivity contribution in [1.82, 2.24) is 5.32 Å². The molecule has 1 aromatic heterocycles. The lowest BCUT2D eigenvalue weighted by Gasteiger charge is -2.14. The van der Waals surface area contributed by atoms with Gasteiger partial charge in [0.25, 0.3) is 0 Å². The predicted molar refractivity (Wildman–Crippen MR) is 75.1 cm³/mol. The Hall–Kier alpha value is -1.32. The fourth-order valence-corrected chi connectivity index (χ4v) is 3.51. The van der Waals surface area contributed by atoms with Gasteiger partial charge in [-0.05, 0) is 58.8 Å². The van der Waals surface area contributed by atoms with Crippen molar-refractivity contribution < 1.29 is 5.11 Å². The van der Waals surface area contributed by atoms with Gasteiger partial charge in [0.1, 0.15) is 5.75 Å². The molecule has 0 saturated carbocycles. The summed E-state index contributed by atoms with van der Waals surface area (Å²) in [4.78, 5) is 0. The Bertz CT molecular complexity index is 561. The van der Waals surface area contributed by atoms with Crippen LogP contribution in [0.15, 0.2) is 29.0 Å². The number of aryl methyl sites for hydroxylation is 1. The lowest BCUT2D eigenvalue weighted by atomic mass is 10.1. The zero-order chi connectivity index (χ0) is 12.5. The summed E-state index contributed by atoms with van der Waals surface area (Å²) in [7, 11) is 0. The van der Waals surface area contributed by atoms with Crippen LogP contribution in [0.3, 0.4) is 0 Å². The predicted octanol–water partition coefficient (Wildman–Crippen LogP) is 3.54. The van der Waals surface area contributed by atoms with Crippen LogP contribution >= 0.6 is 11.3 Å². The number of phenolic OH excluding ortho intramolecular Hbond substituents is 1. The maximum Gasteiger partial charge on any atom is 0.119 e.